The first-order chi connectivity index (χ1) is 12.2. The van der Waals surface area contributed by atoms with E-state index >= 15 is 0 Å². The molecule has 0 bridgehead atoms. The molecule has 0 spiro atoms. The van der Waals surface area contributed by atoms with E-state index in [1.165, 1.54) is 0 Å². The van der Waals surface area contributed by atoms with E-state index in [2.05, 4.69) is 30.9 Å². The van der Waals surface area contributed by atoms with Crippen LogP contribution in [-0.4, -0.2) is 41.4 Å². The highest BCUT2D eigenvalue weighted by molar-refractivity contribution is 6.35. The van der Waals surface area contributed by atoms with Gasteiger partial charge in [-0.25, -0.2) is 0 Å². The molecule has 0 saturated heterocycles. The molecule has 3 heterocycles. The maximum Gasteiger partial charge on any atom is 0.185 e. The van der Waals surface area contributed by atoms with E-state index in [0.29, 0.717) is 40.4 Å². The van der Waals surface area contributed by atoms with Crippen molar-refractivity contribution in [1.82, 2.24) is 34.8 Å². The molecule has 0 amide bonds. The molecule has 0 unspecified atom stereocenters. The first-order valence-electron chi connectivity index (χ1n) is 7.46. The Balaban J connectivity index is 1.61. The second-order valence-electron chi connectivity index (χ2n) is 5.26. The fraction of sp³-hybridized carbons (Fsp3) is 0.133. The lowest BCUT2D eigenvalue weighted by Crippen LogP contribution is -2.12. The summed E-state index contributed by atoms with van der Waals surface area (Å²) < 4.78 is 3.39. The summed E-state index contributed by atoms with van der Waals surface area (Å²) in [6, 6.07) is 8.90. The number of halogens is 2. The largest absolute Gasteiger partial charge is 0.367 e. The van der Waals surface area contributed by atoms with Crippen molar-refractivity contribution in [3.05, 3.63) is 52.8 Å². The van der Waals surface area contributed by atoms with Crippen molar-refractivity contribution in [3.8, 4) is 11.4 Å². The molecule has 10 heteroatoms. The van der Waals surface area contributed by atoms with Crippen molar-refractivity contribution >= 4 is 34.7 Å². The summed E-state index contributed by atoms with van der Waals surface area (Å²) in [6.45, 7) is 1.33. The number of hydrogen-bond acceptors (Lipinski definition) is 6. The summed E-state index contributed by atoms with van der Waals surface area (Å²) in [7, 11) is 0. The minimum atomic E-state index is 0.529. The zero-order valence-corrected chi connectivity index (χ0v) is 14.4. The smallest absolute Gasteiger partial charge is 0.185 e. The lowest BCUT2D eigenvalue weighted by Gasteiger charge is -2.06. The molecule has 4 aromatic rings. The Bertz CT molecular complexity index is 991. The average molecular weight is 375 g/mol. The van der Waals surface area contributed by atoms with E-state index in [9.17, 15) is 0 Å². The van der Waals surface area contributed by atoms with Crippen LogP contribution in [0.4, 0.5) is 5.82 Å². The highest BCUT2D eigenvalue weighted by Gasteiger charge is 2.11. The maximum atomic E-state index is 6.08. The van der Waals surface area contributed by atoms with Gasteiger partial charge in [-0.15, -0.1) is 20.4 Å². The number of benzene rings is 1. The summed E-state index contributed by atoms with van der Waals surface area (Å²) in [5, 5.41) is 24.8. The van der Waals surface area contributed by atoms with Crippen LogP contribution < -0.4 is 5.32 Å². The third-order valence-electron chi connectivity index (χ3n) is 3.50. The first kappa shape index (κ1) is 15.8. The lowest BCUT2D eigenvalue weighted by atomic mass is 10.2. The molecule has 25 heavy (non-hydrogen) atoms. The van der Waals surface area contributed by atoms with Gasteiger partial charge in [0.15, 0.2) is 11.5 Å². The van der Waals surface area contributed by atoms with Crippen LogP contribution in [0.2, 0.25) is 10.0 Å². The fourth-order valence-electron chi connectivity index (χ4n) is 2.40. The highest BCUT2D eigenvalue weighted by atomic mass is 35.5. The molecule has 8 nitrogen and oxygen atoms in total. The zero-order valence-electron chi connectivity index (χ0n) is 12.8. The van der Waals surface area contributed by atoms with Crippen molar-refractivity contribution in [2.45, 2.75) is 6.54 Å². The average Bonchev–Trinajstić information content (AvgIpc) is 3.23. The quantitative estimate of drug-likeness (QED) is 0.577. The van der Waals surface area contributed by atoms with Gasteiger partial charge in [0.25, 0.3) is 0 Å². The van der Waals surface area contributed by atoms with E-state index in [1.807, 2.05) is 12.1 Å². The zero-order chi connectivity index (χ0) is 17.2. The Morgan fingerprint density at radius 2 is 1.88 bits per heavy atom. The Morgan fingerprint density at radius 1 is 1.04 bits per heavy atom. The van der Waals surface area contributed by atoms with Crippen molar-refractivity contribution < 1.29 is 0 Å². The molecule has 4 rings (SSSR count). The summed E-state index contributed by atoms with van der Waals surface area (Å²) in [6.07, 6.45) is 3.45. The third-order valence-corrected chi connectivity index (χ3v) is 3.94. The third kappa shape index (κ3) is 3.40. The molecule has 0 fully saturated rings. The molecular weight excluding hydrogens is 363 g/mol. The number of nitrogens with zero attached hydrogens (tertiary/aromatic N) is 7. The van der Waals surface area contributed by atoms with Crippen LogP contribution in [0.15, 0.2) is 42.7 Å². The Kier molecular flexibility index (Phi) is 4.21. The van der Waals surface area contributed by atoms with Gasteiger partial charge in [-0.1, -0.05) is 28.4 Å². The Morgan fingerprint density at radius 3 is 2.64 bits per heavy atom. The van der Waals surface area contributed by atoms with Crippen LogP contribution in [0, 0.1) is 0 Å². The normalized spacial score (nSPS) is 11.1. The molecule has 0 aliphatic heterocycles. The van der Waals surface area contributed by atoms with E-state index in [-0.39, 0.29) is 0 Å². The summed E-state index contributed by atoms with van der Waals surface area (Å²) in [5.74, 6) is 1.26. The standard InChI is InChI=1S/C15H12Cl2N8/c16-11-7-10(8-12(17)9-11)15-21-20-14-2-1-13(22-25(14)15)18-3-5-24-6-4-19-23-24/h1-2,4,6-9H,3,5H2,(H,18,22). The number of hydrogen-bond donors (Lipinski definition) is 1. The van der Waals surface area contributed by atoms with Crippen LogP contribution >= 0.6 is 23.2 Å². The van der Waals surface area contributed by atoms with Gasteiger partial charge in [0.05, 0.1) is 12.7 Å². The molecule has 0 atom stereocenters. The SMILES string of the molecule is Clc1cc(Cl)cc(-c2nnc3ccc(NCCn4ccnn4)nn23)c1. The molecule has 1 aromatic carbocycles. The molecule has 0 radical (unpaired) electrons. The van der Waals surface area contributed by atoms with Crippen molar-refractivity contribution in [2.75, 3.05) is 11.9 Å². The van der Waals surface area contributed by atoms with Crippen molar-refractivity contribution in [3.63, 3.8) is 0 Å². The molecule has 0 aliphatic rings. The fourth-order valence-corrected chi connectivity index (χ4v) is 2.92. The lowest BCUT2D eigenvalue weighted by molar-refractivity contribution is 0.608. The van der Waals surface area contributed by atoms with Gasteiger partial charge in [-0.2, -0.15) is 4.52 Å². The van der Waals surface area contributed by atoms with Gasteiger partial charge in [0, 0.05) is 28.4 Å². The number of nitrogens with one attached hydrogen (secondary N) is 1. The van der Waals surface area contributed by atoms with E-state index in [4.69, 9.17) is 23.2 Å². The number of anilines is 1. The topological polar surface area (TPSA) is 85.8 Å². The maximum absolute atomic E-state index is 6.08. The van der Waals surface area contributed by atoms with Gasteiger partial charge in [0.2, 0.25) is 0 Å². The Hall–Kier alpha value is -2.71. The van der Waals surface area contributed by atoms with E-state index in [0.717, 1.165) is 5.56 Å². The van der Waals surface area contributed by atoms with Gasteiger partial charge in [-0.05, 0) is 30.3 Å². The molecule has 1 N–H and O–H groups in total. The van der Waals surface area contributed by atoms with Crippen LogP contribution in [0.25, 0.3) is 17.0 Å². The number of rotatable bonds is 5. The van der Waals surface area contributed by atoms with Crippen molar-refractivity contribution in [1.29, 1.82) is 0 Å². The van der Waals surface area contributed by atoms with Crippen LogP contribution in [-0.2, 0) is 6.54 Å². The monoisotopic (exact) mass is 374 g/mol. The van der Waals surface area contributed by atoms with Crippen LogP contribution in [0.3, 0.4) is 0 Å². The molecule has 126 valence electrons. The molecular formula is C15H12Cl2N8. The van der Waals surface area contributed by atoms with Gasteiger partial charge < -0.3 is 5.32 Å². The number of fused-ring (bicyclic) bond motifs is 1. The predicted octanol–water partition coefficient (Wildman–Crippen LogP) is 2.80. The summed E-state index contributed by atoms with van der Waals surface area (Å²) >= 11 is 12.2. The van der Waals surface area contributed by atoms with Crippen molar-refractivity contribution in [2.24, 2.45) is 0 Å². The second kappa shape index (κ2) is 6.66. The highest BCUT2D eigenvalue weighted by Crippen LogP contribution is 2.26. The van der Waals surface area contributed by atoms with Crippen LogP contribution in [0.1, 0.15) is 0 Å². The van der Waals surface area contributed by atoms with Gasteiger partial charge in [-0.3, -0.25) is 4.68 Å². The number of aromatic nitrogens is 7. The molecule has 0 aliphatic carbocycles. The Labute approximate surface area is 152 Å². The van der Waals surface area contributed by atoms with Crippen LogP contribution in [0.5, 0.6) is 0 Å². The molecule has 0 saturated carbocycles. The van der Waals surface area contributed by atoms with E-state index < -0.39 is 0 Å². The molecule has 3 aromatic heterocycles. The van der Waals surface area contributed by atoms with E-state index in [1.54, 1.807) is 39.8 Å². The second-order valence-corrected chi connectivity index (χ2v) is 6.14. The first-order valence-corrected chi connectivity index (χ1v) is 8.21. The predicted molar refractivity (Wildman–Crippen MR) is 94.7 cm³/mol. The minimum Gasteiger partial charge on any atom is -0.367 e. The summed E-state index contributed by atoms with van der Waals surface area (Å²) in [5.41, 5.74) is 1.38. The van der Waals surface area contributed by atoms with Gasteiger partial charge in [0.1, 0.15) is 5.82 Å². The van der Waals surface area contributed by atoms with Gasteiger partial charge >= 0.3 is 0 Å². The summed E-state index contributed by atoms with van der Waals surface area (Å²) in [4.78, 5) is 0. The minimum absolute atomic E-state index is 0.529.